The number of piperidine rings is 1. The van der Waals surface area contributed by atoms with Gasteiger partial charge in [0.05, 0.1) is 12.8 Å². The SMILES string of the molecule is COc1ccccc1NC(=O)N1CCC(NC(=O)c2cccc(F)c2)CC1. The van der Waals surface area contributed by atoms with Gasteiger partial charge in [-0.3, -0.25) is 4.79 Å². The molecule has 1 heterocycles. The lowest BCUT2D eigenvalue weighted by Gasteiger charge is -2.32. The van der Waals surface area contributed by atoms with Crippen molar-refractivity contribution in [1.29, 1.82) is 0 Å². The zero-order chi connectivity index (χ0) is 19.2. The smallest absolute Gasteiger partial charge is 0.321 e. The molecule has 6 nitrogen and oxygen atoms in total. The monoisotopic (exact) mass is 371 g/mol. The summed E-state index contributed by atoms with van der Waals surface area (Å²) < 4.78 is 18.5. The summed E-state index contributed by atoms with van der Waals surface area (Å²) in [6.07, 6.45) is 1.28. The molecular formula is C20H22FN3O3. The molecule has 1 saturated heterocycles. The minimum absolute atomic E-state index is 0.0453. The third-order valence-electron chi connectivity index (χ3n) is 4.55. The van der Waals surface area contributed by atoms with E-state index in [1.165, 1.54) is 18.2 Å². The Morgan fingerprint density at radius 3 is 2.56 bits per heavy atom. The molecule has 1 fully saturated rings. The topological polar surface area (TPSA) is 70.7 Å². The van der Waals surface area contributed by atoms with Crippen molar-refractivity contribution < 1.29 is 18.7 Å². The van der Waals surface area contributed by atoms with Crippen molar-refractivity contribution in [3.63, 3.8) is 0 Å². The van der Waals surface area contributed by atoms with E-state index in [1.54, 1.807) is 30.2 Å². The lowest BCUT2D eigenvalue weighted by Crippen LogP contribution is -2.47. The number of anilines is 1. The Balaban J connectivity index is 1.51. The molecule has 0 unspecified atom stereocenters. The number of urea groups is 1. The molecule has 3 rings (SSSR count). The summed E-state index contributed by atoms with van der Waals surface area (Å²) in [4.78, 5) is 26.4. The molecule has 0 radical (unpaired) electrons. The Hall–Kier alpha value is -3.09. The highest BCUT2D eigenvalue weighted by Gasteiger charge is 2.24. The van der Waals surface area contributed by atoms with Crippen LogP contribution in [0, 0.1) is 5.82 Å². The van der Waals surface area contributed by atoms with Gasteiger partial charge >= 0.3 is 6.03 Å². The predicted octanol–water partition coefficient (Wildman–Crippen LogP) is 3.26. The highest BCUT2D eigenvalue weighted by molar-refractivity contribution is 5.94. The van der Waals surface area contributed by atoms with Crippen LogP contribution in [0.2, 0.25) is 0 Å². The van der Waals surface area contributed by atoms with Gasteiger partial charge in [0.15, 0.2) is 0 Å². The number of carbonyl (C=O) groups excluding carboxylic acids is 2. The number of nitrogens with one attached hydrogen (secondary N) is 2. The molecule has 7 heteroatoms. The van der Waals surface area contributed by atoms with Crippen molar-refractivity contribution in [2.75, 3.05) is 25.5 Å². The van der Waals surface area contributed by atoms with Crippen LogP contribution in [0.5, 0.6) is 5.75 Å². The van der Waals surface area contributed by atoms with Crippen LogP contribution in [0.25, 0.3) is 0 Å². The first-order valence-corrected chi connectivity index (χ1v) is 8.82. The number of ether oxygens (including phenoxy) is 1. The number of hydrogen-bond acceptors (Lipinski definition) is 3. The second-order valence-electron chi connectivity index (χ2n) is 6.38. The third kappa shape index (κ3) is 4.75. The Kier molecular flexibility index (Phi) is 5.90. The van der Waals surface area contributed by atoms with Gasteiger partial charge in [0.2, 0.25) is 0 Å². The zero-order valence-electron chi connectivity index (χ0n) is 15.1. The van der Waals surface area contributed by atoms with Crippen LogP contribution < -0.4 is 15.4 Å². The van der Waals surface area contributed by atoms with Gasteiger partial charge in [0.25, 0.3) is 5.91 Å². The Morgan fingerprint density at radius 2 is 1.85 bits per heavy atom. The molecular weight excluding hydrogens is 349 g/mol. The maximum Gasteiger partial charge on any atom is 0.321 e. The van der Waals surface area contributed by atoms with E-state index in [1.807, 2.05) is 12.1 Å². The molecule has 3 amide bonds. The molecule has 0 spiro atoms. The van der Waals surface area contributed by atoms with Gasteiger partial charge in [-0.15, -0.1) is 0 Å². The molecule has 0 bridgehead atoms. The van der Waals surface area contributed by atoms with E-state index < -0.39 is 5.82 Å². The highest BCUT2D eigenvalue weighted by atomic mass is 19.1. The van der Waals surface area contributed by atoms with Gasteiger partial charge in [-0.2, -0.15) is 0 Å². The van der Waals surface area contributed by atoms with E-state index in [-0.39, 0.29) is 18.0 Å². The van der Waals surface area contributed by atoms with Crippen LogP contribution in [0.3, 0.4) is 0 Å². The van der Waals surface area contributed by atoms with E-state index in [4.69, 9.17) is 4.74 Å². The summed E-state index contributed by atoms with van der Waals surface area (Å²) in [5.74, 6) is -0.139. The molecule has 0 aromatic heterocycles. The first kappa shape index (κ1) is 18.7. The standard InChI is InChI=1S/C20H22FN3O3/c1-27-18-8-3-2-7-17(18)23-20(26)24-11-9-16(10-12-24)22-19(25)14-5-4-6-15(21)13-14/h2-8,13,16H,9-12H2,1H3,(H,22,25)(H,23,26). The maximum absolute atomic E-state index is 13.2. The number of carbonyl (C=O) groups is 2. The van der Waals surface area contributed by atoms with Gasteiger partial charge < -0.3 is 20.3 Å². The van der Waals surface area contributed by atoms with Crippen molar-refractivity contribution in [3.8, 4) is 5.75 Å². The first-order chi connectivity index (χ1) is 13.1. The summed E-state index contributed by atoms with van der Waals surface area (Å²) in [6, 6.07) is 12.6. The Bertz CT molecular complexity index is 820. The van der Waals surface area contributed by atoms with Crippen LogP contribution in [0.15, 0.2) is 48.5 Å². The lowest BCUT2D eigenvalue weighted by atomic mass is 10.0. The normalized spacial score (nSPS) is 14.5. The van der Waals surface area contributed by atoms with Crippen molar-refractivity contribution in [1.82, 2.24) is 10.2 Å². The number of methoxy groups -OCH3 is 1. The number of halogens is 1. The van der Waals surface area contributed by atoms with Crippen molar-refractivity contribution in [3.05, 3.63) is 59.9 Å². The molecule has 1 aliphatic rings. The second-order valence-corrected chi connectivity index (χ2v) is 6.38. The summed E-state index contributed by atoms with van der Waals surface area (Å²) in [5, 5.41) is 5.76. The van der Waals surface area contributed by atoms with Crippen LogP contribution in [-0.2, 0) is 0 Å². The molecule has 0 aliphatic carbocycles. The fourth-order valence-corrected chi connectivity index (χ4v) is 3.07. The predicted molar refractivity (Wildman–Crippen MR) is 100 cm³/mol. The first-order valence-electron chi connectivity index (χ1n) is 8.82. The van der Waals surface area contributed by atoms with E-state index in [0.29, 0.717) is 42.9 Å². The number of benzene rings is 2. The summed E-state index contributed by atoms with van der Waals surface area (Å²) in [5.41, 5.74) is 0.915. The summed E-state index contributed by atoms with van der Waals surface area (Å²) in [6.45, 7) is 1.05. The minimum Gasteiger partial charge on any atom is -0.495 e. The van der Waals surface area contributed by atoms with Crippen molar-refractivity contribution >= 4 is 17.6 Å². The van der Waals surface area contributed by atoms with Crippen molar-refractivity contribution in [2.45, 2.75) is 18.9 Å². The summed E-state index contributed by atoms with van der Waals surface area (Å²) in [7, 11) is 1.55. The van der Waals surface area contributed by atoms with Gasteiger partial charge in [0.1, 0.15) is 11.6 Å². The molecule has 1 aliphatic heterocycles. The second kappa shape index (κ2) is 8.53. The number of hydrogen-bond donors (Lipinski definition) is 2. The maximum atomic E-state index is 13.2. The molecule has 2 N–H and O–H groups in total. The third-order valence-corrected chi connectivity index (χ3v) is 4.55. The molecule has 2 aromatic carbocycles. The zero-order valence-corrected chi connectivity index (χ0v) is 15.1. The minimum atomic E-state index is -0.439. The van der Waals surface area contributed by atoms with Crippen molar-refractivity contribution in [2.24, 2.45) is 0 Å². The number of rotatable bonds is 4. The molecule has 0 saturated carbocycles. The van der Waals surface area contributed by atoms with E-state index in [0.717, 1.165) is 0 Å². The van der Waals surface area contributed by atoms with E-state index in [9.17, 15) is 14.0 Å². The van der Waals surface area contributed by atoms with Crippen LogP contribution in [0.1, 0.15) is 23.2 Å². The fraction of sp³-hybridized carbons (Fsp3) is 0.300. The Labute approximate surface area is 157 Å². The fourth-order valence-electron chi connectivity index (χ4n) is 3.07. The van der Waals surface area contributed by atoms with Crippen LogP contribution >= 0.6 is 0 Å². The highest BCUT2D eigenvalue weighted by Crippen LogP contribution is 2.24. The number of amides is 3. The van der Waals surface area contributed by atoms with Gasteiger partial charge in [0, 0.05) is 24.7 Å². The quantitative estimate of drug-likeness (QED) is 0.867. The average Bonchev–Trinajstić information content (AvgIpc) is 2.69. The van der Waals surface area contributed by atoms with Gasteiger partial charge in [-0.25, -0.2) is 9.18 Å². The Morgan fingerprint density at radius 1 is 1.11 bits per heavy atom. The molecule has 142 valence electrons. The number of para-hydroxylation sites is 2. The van der Waals surface area contributed by atoms with E-state index in [2.05, 4.69) is 10.6 Å². The summed E-state index contributed by atoms with van der Waals surface area (Å²) >= 11 is 0. The van der Waals surface area contributed by atoms with Crippen LogP contribution in [0.4, 0.5) is 14.9 Å². The number of likely N-dealkylation sites (tertiary alicyclic amines) is 1. The molecule has 0 atom stereocenters. The molecule has 2 aromatic rings. The van der Waals surface area contributed by atoms with Gasteiger partial charge in [-0.1, -0.05) is 18.2 Å². The van der Waals surface area contributed by atoms with Crippen LogP contribution in [-0.4, -0.2) is 43.1 Å². The largest absolute Gasteiger partial charge is 0.495 e. The lowest BCUT2D eigenvalue weighted by molar-refractivity contribution is 0.0918. The van der Waals surface area contributed by atoms with E-state index >= 15 is 0 Å². The number of nitrogens with zero attached hydrogens (tertiary/aromatic N) is 1. The average molecular weight is 371 g/mol. The molecule has 27 heavy (non-hydrogen) atoms. The van der Waals surface area contributed by atoms with Gasteiger partial charge in [-0.05, 0) is 43.2 Å².